The molecule has 1 aliphatic heterocycles. The number of ether oxygens (including phenoxy) is 1. The van der Waals surface area contributed by atoms with Gasteiger partial charge in [-0.3, -0.25) is 13.8 Å². The Bertz CT molecular complexity index is 1380. The van der Waals surface area contributed by atoms with Crippen molar-refractivity contribution in [3.05, 3.63) is 60.2 Å². The van der Waals surface area contributed by atoms with E-state index < -0.39 is 27.9 Å². The van der Waals surface area contributed by atoms with Gasteiger partial charge in [0.05, 0.1) is 30.3 Å². The highest BCUT2D eigenvalue weighted by molar-refractivity contribution is 7.85. The van der Waals surface area contributed by atoms with Crippen molar-refractivity contribution in [1.29, 1.82) is 0 Å². The first kappa shape index (κ1) is 26.7. The minimum Gasteiger partial charge on any atom is -0.444 e. The number of rotatable bonds is 6. The number of halogens is 1. The van der Waals surface area contributed by atoms with Gasteiger partial charge in [0.15, 0.2) is 0 Å². The zero-order chi connectivity index (χ0) is 27.0. The Morgan fingerprint density at radius 1 is 1.16 bits per heavy atom. The molecule has 1 aliphatic rings. The average Bonchev–Trinajstić information content (AvgIpc) is 3.43. The van der Waals surface area contributed by atoms with Crippen LogP contribution < -0.4 is 0 Å². The van der Waals surface area contributed by atoms with Crippen LogP contribution in [0.4, 0.5) is 9.18 Å². The third-order valence-electron chi connectivity index (χ3n) is 6.02. The van der Waals surface area contributed by atoms with Gasteiger partial charge in [0.25, 0.3) is 10.1 Å². The van der Waals surface area contributed by atoms with Crippen LogP contribution in [-0.2, 0) is 26.1 Å². The zero-order valence-corrected chi connectivity index (χ0v) is 22.3. The van der Waals surface area contributed by atoms with Crippen molar-refractivity contribution in [2.75, 3.05) is 19.4 Å². The van der Waals surface area contributed by atoms with Crippen molar-refractivity contribution in [2.45, 2.75) is 44.8 Å². The summed E-state index contributed by atoms with van der Waals surface area (Å²) >= 11 is 0. The fourth-order valence-corrected chi connectivity index (χ4v) is 4.80. The Labute approximate surface area is 216 Å². The third kappa shape index (κ3) is 6.72. The van der Waals surface area contributed by atoms with Gasteiger partial charge >= 0.3 is 6.09 Å². The Hall–Kier alpha value is -3.31. The number of aromatic nitrogens is 3. The molecule has 3 aromatic rings. The normalized spacial score (nSPS) is 18.3. The van der Waals surface area contributed by atoms with E-state index in [0.29, 0.717) is 18.7 Å². The molecule has 0 radical (unpaired) electrons. The van der Waals surface area contributed by atoms with Gasteiger partial charge in [-0.05, 0) is 69.2 Å². The summed E-state index contributed by atoms with van der Waals surface area (Å²) in [5.41, 5.74) is 3.11. The largest absolute Gasteiger partial charge is 0.444 e. The molecule has 198 valence electrons. The number of hydrogen-bond donors (Lipinski definition) is 0. The molecule has 1 amide bonds. The minimum atomic E-state index is -3.70. The highest BCUT2D eigenvalue weighted by Crippen LogP contribution is 2.39. The molecule has 0 aliphatic carbocycles. The number of likely N-dealkylation sites (tertiary alicyclic amines) is 1. The van der Waals surface area contributed by atoms with E-state index in [1.54, 1.807) is 43.8 Å². The highest BCUT2D eigenvalue weighted by atomic mass is 32.2. The summed E-state index contributed by atoms with van der Waals surface area (Å²) in [7, 11) is -1.87. The summed E-state index contributed by atoms with van der Waals surface area (Å²) in [5, 5.41) is 4.57. The van der Waals surface area contributed by atoms with E-state index in [9.17, 15) is 17.6 Å². The maximum absolute atomic E-state index is 13.5. The average molecular weight is 531 g/mol. The maximum atomic E-state index is 13.5. The van der Waals surface area contributed by atoms with E-state index in [2.05, 4.69) is 10.1 Å². The van der Waals surface area contributed by atoms with Gasteiger partial charge < -0.3 is 9.64 Å². The van der Waals surface area contributed by atoms with Crippen LogP contribution in [-0.4, -0.2) is 65.2 Å². The van der Waals surface area contributed by atoms with Crippen molar-refractivity contribution in [1.82, 2.24) is 19.7 Å². The maximum Gasteiger partial charge on any atom is 0.410 e. The van der Waals surface area contributed by atoms with Crippen LogP contribution in [0, 0.1) is 5.82 Å². The number of hydrogen-bond acceptors (Lipinski definition) is 7. The third-order valence-corrected chi connectivity index (χ3v) is 6.59. The van der Waals surface area contributed by atoms with Crippen LogP contribution in [0.15, 0.2) is 48.8 Å². The van der Waals surface area contributed by atoms with Crippen LogP contribution >= 0.6 is 0 Å². The fourth-order valence-electron chi connectivity index (χ4n) is 4.40. The molecule has 2 atom stereocenters. The molecule has 0 spiro atoms. The Morgan fingerprint density at radius 3 is 2.46 bits per heavy atom. The van der Waals surface area contributed by atoms with E-state index in [0.717, 1.165) is 28.6 Å². The van der Waals surface area contributed by atoms with Crippen LogP contribution in [0.5, 0.6) is 0 Å². The molecule has 0 saturated carbocycles. The van der Waals surface area contributed by atoms with E-state index in [1.165, 1.54) is 17.0 Å². The second kappa shape index (κ2) is 10.2. The van der Waals surface area contributed by atoms with Gasteiger partial charge in [0, 0.05) is 43.0 Å². The molecular weight excluding hydrogens is 499 g/mol. The number of aryl methyl sites for hydroxylation is 1. The quantitative estimate of drug-likeness (QED) is 0.436. The first-order valence-corrected chi connectivity index (χ1v) is 13.7. The minimum absolute atomic E-state index is 0.172. The second-order valence-electron chi connectivity index (χ2n) is 10.2. The number of carbonyl (C=O) groups excluding carboxylic acids is 1. The van der Waals surface area contributed by atoms with Crippen molar-refractivity contribution in [3.8, 4) is 22.5 Å². The molecule has 9 nitrogen and oxygen atoms in total. The number of carbonyl (C=O) groups is 1. The van der Waals surface area contributed by atoms with Gasteiger partial charge in [-0.15, -0.1) is 0 Å². The molecule has 4 rings (SSSR count). The predicted molar refractivity (Wildman–Crippen MR) is 137 cm³/mol. The van der Waals surface area contributed by atoms with Crippen LogP contribution in [0.1, 0.15) is 38.7 Å². The lowest BCUT2D eigenvalue weighted by Gasteiger charge is -2.28. The van der Waals surface area contributed by atoms with E-state index in [1.807, 2.05) is 25.4 Å². The first-order chi connectivity index (χ1) is 17.3. The lowest BCUT2D eigenvalue weighted by Crippen LogP contribution is -2.42. The van der Waals surface area contributed by atoms with E-state index in [-0.39, 0.29) is 18.3 Å². The standard InChI is InChI=1S/C26H31FN4O5S/c1-26(2,3)36-25(32)31-15-18(12-20(31)16-35-37(5,33)34)22-14-28-24(17-6-8-19(27)9-7-17)13-21(22)23-10-11-30(4)29-23/h6-11,13-14,18,20H,12,15-16H2,1-5H3. The Kier molecular flexibility index (Phi) is 7.38. The molecule has 0 N–H and O–H groups in total. The number of pyridine rings is 1. The van der Waals surface area contributed by atoms with E-state index >= 15 is 0 Å². The summed E-state index contributed by atoms with van der Waals surface area (Å²) < 4.78 is 49.2. The molecule has 1 aromatic carbocycles. The molecule has 2 unspecified atom stereocenters. The van der Waals surface area contributed by atoms with Gasteiger partial charge in [0.2, 0.25) is 0 Å². The Balaban J connectivity index is 1.71. The van der Waals surface area contributed by atoms with Crippen molar-refractivity contribution in [3.63, 3.8) is 0 Å². The lowest BCUT2D eigenvalue weighted by molar-refractivity contribution is 0.0188. The lowest BCUT2D eigenvalue weighted by atomic mass is 9.91. The van der Waals surface area contributed by atoms with Gasteiger partial charge in [-0.1, -0.05) is 0 Å². The summed E-state index contributed by atoms with van der Waals surface area (Å²) in [4.78, 5) is 19.2. The molecular formula is C26H31FN4O5S. The smallest absolute Gasteiger partial charge is 0.410 e. The Morgan fingerprint density at radius 2 is 1.86 bits per heavy atom. The van der Waals surface area contributed by atoms with Crippen molar-refractivity contribution in [2.24, 2.45) is 7.05 Å². The monoisotopic (exact) mass is 530 g/mol. The molecule has 11 heteroatoms. The highest BCUT2D eigenvalue weighted by Gasteiger charge is 2.40. The molecule has 1 saturated heterocycles. The molecule has 37 heavy (non-hydrogen) atoms. The molecule has 0 bridgehead atoms. The van der Waals surface area contributed by atoms with E-state index in [4.69, 9.17) is 8.92 Å². The summed E-state index contributed by atoms with van der Waals surface area (Å²) in [6.45, 7) is 5.45. The molecule has 2 aromatic heterocycles. The second-order valence-corrected chi connectivity index (χ2v) is 11.9. The number of nitrogens with zero attached hydrogens (tertiary/aromatic N) is 4. The van der Waals surface area contributed by atoms with Crippen LogP contribution in [0.3, 0.4) is 0 Å². The summed E-state index contributed by atoms with van der Waals surface area (Å²) in [6.07, 6.45) is 4.48. The zero-order valence-electron chi connectivity index (χ0n) is 21.5. The summed E-state index contributed by atoms with van der Waals surface area (Å²) in [6, 6.07) is 9.38. The first-order valence-electron chi connectivity index (χ1n) is 11.9. The molecule has 3 heterocycles. The fraction of sp³-hybridized carbons (Fsp3) is 0.423. The van der Waals surface area contributed by atoms with Crippen LogP contribution in [0.25, 0.3) is 22.5 Å². The van der Waals surface area contributed by atoms with Crippen LogP contribution in [0.2, 0.25) is 0 Å². The number of amides is 1. The summed E-state index contributed by atoms with van der Waals surface area (Å²) in [5.74, 6) is -0.506. The number of benzene rings is 1. The predicted octanol–water partition coefficient (Wildman–Crippen LogP) is 4.36. The van der Waals surface area contributed by atoms with Crippen molar-refractivity contribution < 1.29 is 26.5 Å². The van der Waals surface area contributed by atoms with Gasteiger partial charge in [-0.2, -0.15) is 13.5 Å². The topological polar surface area (TPSA) is 104 Å². The van der Waals surface area contributed by atoms with Crippen molar-refractivity contribution >= 4 is 16.2 Å². The SMILES string of the molecule is Cn1ccc(-c2cc(-c3ccc(F)cc3)ncc2C2CC(COS(C)(=O)=O)N(C(=O)OC(C)(C)C)C2)n1. The van der Waals surface area contributed by atoms with Gasteiger partial charge in [-0.25, -0.2) is 9.18 Å². The van der Waals surface area contributed by atoms with Gasteiger partial charge in [0.1, 0.15) is 11.4 Å². The molecule has 1 fully saturated rings.